The topological polar surface area (TPSA) is 99.1 Å². The number of halogens is 2. The molecule has 7 nitrogen and oxygen atoms in total. The highest BCUT2D eigenvalue weighted by atomic mass is 19.2. The highest BCUT2D eigenvalue weighted by molar-refractivity contribution is 6.10. The predicted molar refractivity (Wildman–Crippen MR) is 211 cm³/mol. The van der Waals surface area contributed by atoms with Gasteiger partial charge >= 0.3 is 6.03 Å². The van der Waals surface area contributed by atoms with Crippen LogP contribution in [-0.4, -0.2) is 58.8 Å². The van der Waals surface area contributed by atoms with E-state index in [9.17, 15) is 28.6 Å². The zero-order valence-electron chi connectivity index (χ0n) is 33.5. The van der Waals surface area contributed by atoms with E-state index >= 15 is 0 Å². The lowest BCUT2D eigenvalue weighted by molar-refractivity contribution is -0.176. The van der Waals surface area contributed by atoms with Crippen LogP contribution in [-0.2, 0) is 0 Å². The summed E-state index contributed by atoms with van der Waals surface area (Å²) in [6.45, 7) is 9.95. The molecule has 2 spiro atoms. The number of hydrogen-bond acceptors (Lipinski definition) is 5. The van der Waals surface area contributed by atoms with Crippen molar-refractivity contribution in [2.75, 3.05) is 25.5 Å². The molecule has 9 aliphatic rings. The Balaban J connectivity index is 1.09. The van der Waals surface area contributed by atoms with Crippen LogP contribution >= 0.6 is 0 Å². The third kappa shape index (κ3) is 5.17. The third-order valence-corrected chi connectivity index (χ3v) is 17.7. The van der Waals surface area contributed by atoms with Crippen molar-refractivity contribution in [1.82, 2.24) is 4.90 Å². The Morgan fingerprint density at radius 3 is 2.30 bits per heavy atom. The van der Waals surface area contributed by atoms with Gasteiger partial charge in [-0.2, -0.15) is 0 Å². The maximum atomic E-state index is 14.8. The Labute approximate surface area is 330 Å². The number of Topliss-reactive ketones (excluding diaryl/α,β-unsaturated/α-hetero) is 1. The van der Waals surface area contributed by atoms with Gasteiger partial charge < -0.3 is 25.2 Å². The fraction of sp³-hybridized carbons (Fsp3) is 0.617. The van der Waals surface area contributed by atoms with Gasteiger partial charge in [-0.25, -0.2) is 13.6 Å². The van der Waals surface area contributed by atoms with Crippen LogP contribution in [0.15, 0.2) is 66.3 Å². The van der Waals surface area contributed by atoms with Crippen LogP contribution in [0.1, 0.15) is 102 Å². The normalized spacial score (nSPS) is 41.1. The summed E-state index contributed by atoms with van der Waals surface area (Å²) in [7, 11) is 1.61. The summed E-state index contributed by atoms with van der Waals surface area (Å²) < 4.78 is 34.2. The molecule has 300 valence electrons. The Hall–Kier alpha value is -3.56. The molecular weight excluding hydrogens is 711 g/mol. The maximum absolute atomic E-state index is 14.8. The van der Waals surface area contributed by atoms with E-state index in [2.05, 4.69) is 51.2 Å². The van der Waals surface area contributed by atoms with Gasteiger partial charge in [0.1, 0.15) is 5.75 Å². The summed E-state index contributed by atoms with van der Waals surface area (Å²) in [6, 6.07) is 10.5. The van der Waals surface area contributed by atoms with Gasteiger partial charge in [0.05, 0.1) is 25.4 Å². The second-order valence-electron chi connectivity index (χ2n) is 20.0. The van der Waals surface area contributed by atoms with Crippen molar-refractivity contribution in [3.63, 3.8) is 0 Å². The van der Waals surface area contributed by atoms with Gasteiger partial charge in [-0.1, -0.05) is 45.9 Å². The number of aliphatic hydroxyl groups excluding tert-OH is 1. The molecule has 0 radical (unpaired) electrons. The smallest absolute Gasteiger partial charge is 0.321 e. The van der Waals surface area contributed by atoms with Crippen molar-refractivity contribution in [3.8, 4) is 5.75 Å². The summed E-state index contributed by atoms with van der Waals surface area (Å²) >= 11 is 0. The fourth-order valence-electron chi connectivity index (χ4n) is 14.3. The number of benzene rings is 2. The number of carbonyl (C=O) groups excluding carboxylic acids is 2. The summed E-state index contributed by atoms with van der Waals surface area (Å²) in [4.78, 5) is 31.2. The van der Waals surface area contributed by atoms with E-state index in [-0.39, 0.29) is 46.6 Å². The average molecular weight is 769 g/mol. The van der Waals surface area contributed by atoms with Gasteiger partial charge in [-0.05, 0) is 147 Å². The van der Waals surface area contributed by atoms with Crippen LogP contribution in [0.2, 0.25) is 0 Å². The van der Waals surface area contributed by atoms with E-state index < -0.39 is 39.6 Å². The summed E-state index contributed by atoms with van der Waals surface area (Å²) in [6.07, 6.45) is 14.0. The molecule has 2 aromatic carbocycles. The minimum absolute atomic E-state index is 0.0488. The third-order valence-electron chi connectivity index (χ3n) is 17.7. The van der Waals surface area contributed by atoms with Crippen LogP contribution < -0.4 is 10.1 Å². The highest BCUT2D eigenvalue weighted by Crippen LogP contribution is 2.78. The van der Waals surface area contributed by atoms with E-state index in [1.807, 2.05) is 29.2 Å². The number of carbonyl (C=O) groups is 2. The molecule has 56 heavy (non-hydrogen) atoms. The standard InChI is InChI=1S/C47H58F2N2O5/c1-42(2)30-8-6-29(34(42)23-30)26-51(41(54)50-31-9-11-33(56-5)12-10-31)27-46(55)19-16-39-44(46,4)18-15-38-43(3)17-14-32(52)24-45(43)20-21-47(38,39)35(25-45)40(53)28-7-13-36(48)37(49)22-28/h7,9-13,20-22,25,29-30,32,34,38-39,52,55H,6,8,14-19,23-24,26-27H2,1-5H3,(H,50,54)/t29-,30-,32?,34-,38+,39+,43+,44-,45-,46+,47+/m0/s1. The molecular formula is C47H58F2N2O5. The number of anilines is 1. The maximum Gasteiger partial charge on any atom is 0.321 e. The number of amides is 2. The lowest BCUT2D eigenvalue weighted by Gasteiger charge is -2.71. The average Bonchev–Trinajstić information content (AvgIpc) is 3.45. The zero-order chi connectivity index (χ0) is 39.6. The molecule has 9 heteroatoms. The minimum Gasteiger partial charge on any atom is -0.497 e. The van der Waals surface area contributed by atoms with Crippen molar-refractivity contribution in [2.45, 2.75) is 104 Å². The molecule has 2 aromatic rings. The first-order valence-electron chi connectivity index (χ1n) is 21.0. The molecule has 0 heterocycles. The second-order valence-corrected chi connectivity index (χ2v) is 20.0. The number of fused-ring (bicyclic) bond motifs is 3. The van der Waals surface area contributed by atoms with Crippen molar-refractivity contribution < 1.29 is 33.3 Å². The number of ether oxygens (including phenoxy) is 1. The number of nitrogens with one attached hydrogen (secondary N) is 1. The van der Waals surface area contributed by atoms with Crippen molar-refractivity contribution in [1.29, 1.82) is 0 Å². The first kappa shape index (κ1) is 38.0. The van der Waals surface area contributed by atoms with Crippen LogP contribution in [0.4, 0.5) is 19.3 Å². The number of hydrogen-bond donors (Lipinski definition) is 3. The van der Waals surface area contributed by atoms with E-state index in [4.69, 9.17) is 4.74 Å². The molecule has 11 atom stereocenters. The Bertz CT molecular complexity index is 2010. The van der Waals surface area contributed by atoms with E-state index in [0.717, 1.165) is 50.2 Å². The van der Waals surface area contributed by atoms with Gasteiger partial charge in [0, 0.05) is 39.6 Å². The molecule has 1 unspecified atom stereocenters. The first-order valence-corrected chi connectivity index (χ1v) is 21.0. The molecule has 0 aromatic heterocycles. The van der Waals surface area contributed by atoms with Crippen LogP contribution in [0.25, 0.3) is 0 Å². The molecule has 6 fully saturated rings. The number of nitrogens with zero attached hydrogens (tertiary/aromatic N) is 1. The quantitative estimate of drug-likeness (QED) is 0.184. The van der Waals surface area contributed by atoms with Gasteiger partial charge in [-0.3, -0.25) is 4.79 Å². The van der Waals surface area contributed by atoms with Gasteiger partial charge in [0.25, 0.3) is 0 Å². The largest absolute Gasteiger partial charge is 0.497 e. The lowest BCUT2D eigenvalue weighted by Crippen LogP contribution is -2.67. The number of aliphatic hydroxyl groups is 2. The number of rotatable bonds is 8. The second kappa shape index (κ2) is 12.7. The Morgan fingerprint density at radius 2 is 1.61 bits per heavy atom. The SMILES string of the molecule is COc1ccc(NC(=O)N(C[C@@H]2CC[C@H]3C[C@@H]2C3(C)C)C[C@]2(O)CC[C@H]3[C@]45C=C[C@@]6(C=C4C(=O)c4ccc(F)c(F)c4)CC(O)CC[C@]6(C)[C@H]5CC[C@@]32C)cc1. The molecule has 6 saturated carbocycles. The van der Waals surface area contributed by atoms with Crippen molar-refractivity contribution in [2.24, 2.45) is 56.7 Å². The molecule has 0 aliphatic heterocycles. The summed E-state index contributed by atoms with van der Waals surface area (Å²) in [5.41, 5.74) is -1.89. The first-order chi connectivity index (χ1) is 26.5. The van der Waals surface area contributed by atoms with Gasteiger partial charge in [0.15, 0.2) is 17.4 Å². The minimum atomic E-state index is -1.25. The molecule has 9 aliphatic carbocycles. The molecule has 2 amide bonds. The molecule has 3 N–H and O–H groups in total. The van der Waals surface area contributed by atoms with E-state index in [1.165, 1.54) is 12.5 Å². The van der Waals surface area contributed by atoms with Crippen LogP contribution in [0.3, 0.4) is 0 Å². The molecule has 11 rings (SSSR count). The van der Waals surface area contributed by atoms with Crippen molar-refractivity contribution >= 4 is 17.5 Å². The molecule has 4 bridgehead atoms. The number of allylic oxidation sites excluding steroid dienone is 4. The predicted octanol–water partition coefficient (Wildman–Crippen LogP) is 9.35. The number of methoxy groups -OCH3 is 1. The number of urea groups is 1. The lowest BCUT2D eigenvalue weighted by atomic mass is 9.32. The zero-order valence-corrected chi connectivity index (χ0v) is 33.5. The highest BCUT2D eigenvalue weighted by Gasteiger charge is 2.74. The van der Waals surface area contributed by atoms with Crippen LogP contribution in [0.5, 0.6) is 5.75 Å². The number of ketones is 1. The summed E-state index contributed by atoms with van der Waals surface area (Å²) in [5.74, 6) is -0.208. The monoisotopic (exact) mass is 768 g/mol. The molecule has 0 saturated heterocycles. The summed E-state index contributed by atoms with van der Waals surface area (Å²) in [5, 5.41) is 27.4. The fourth-order valence-corrected chi connectivity index (χ4v) is 14.3. The van der Waals surface area contributed by atoms with Gasteiger partial charge in [0.2, 0.25) is 0 Å². The van der Waals surface area contributed by atoms with E-state index in [1.54, 1.807) is 7.11 Å². The Morgan fingerprint density at radius 1 is 0.893 bits per heavy atom. The van der Waals surface area contributed by atoms with E-state index in [0.29, 0.717) is 61.1 Å². The Kier molecular flexibility index (Phi) is 8.63. The van der Waals surface area contributed by atoms with Crippen molar-refractivity contribution in [3.05, 3.63) is 83.5 Å². The van der Waals surface area contributed by atoms with Gasteiger partial charge in [-0.15, -0.1) is 0 Å². The van der Waals surface area contributed by atoms with Crippen LogP contribution in [0, 0.1) is 68.3 Å².